The normalized spacial score (nSPS) is 10.4. The van der Waals surface area contributed by atoms with E-state index in [9.17, 15) is 4.79 Å². The molecule has 0 amide bonds. The van der Waals surface area contributed by atoms with Crippen LogP contribution in [0.4, 0.5) is 0 Å². The molecule has 0 radical (unpaired) electrons. The number of carboxylic acid groups (broad SMARTS) is 1. The van der Waals surface area contributed by atoms with Gasteiger partial charge in [-0.25, -0.2) is 9.97 Å². The summed E-state index contributed by atoms with van der Waals surface area (Å²) in [4.78, 5) is 18.8. The van der Waals surface area contributed by atoms with Gasteiger partial charge in [0.25, 0.3) is 0 Å². The average Bonchev–Trinajstić information content (AvgIpc) is 3.08. The predicted octanol–water partition coefficient (Wildman–Crippen LogP) is 2.94. The summed E-state index contributed by atoms with van der Waals surface area (Å²) in [5, 5.41) is 8.82. The molecule has 1 aromatic carbocycles. The van der Waals surface area contributed by atoms with Gasteiger partial charge in [-0.3, -0.25) is 4.79 Å². The fraction of sp³-hybridized carbons (Fsp3) is 0.118. The van der Waals surface area contributed by atoms with Crippen molar-refractivity contribution in [3.63, 3.8) is 0 Å². The molecule has 2 aromatic heterocycles. The van der Waals surface area contributed by atoms with Crippen molar-refractivity contribution in [1.29, 1.82) is 0 Å². The van der Waals surface area contributed by atoms with Gasteiger partial charge in [0, 0.05) is 0 Å². The Morgan fingerprint density at radius 2 is 2.04 bits per heavy atom. The van der Waals surface area contributed by atoms with Gasteiger partial charge in [-0.2, -0.15) is 0 Å². The number of carboxylic acids is 1. The van der Waals surface area contributed by atoms with Crippen molar-refractivity contribution >= 4 is 5.97 Å². The van der Waals surface area contributed by atoms with E-state index in [4.69, 9.17) is 14.3 Å². The summed E-state index contributed by atoms with van der Waals surface area (Å²) in [7, 11) is 0. The number of benzene rings is 1. The summed E-state index contributed by atoms with van der Waals surface area (Å²) < 4.78 is 10.8. The third kappa shape index (κ3) is 3.94. The number of oxazole rings is 1. The van der Waals surface area contributed by atoms with E-state index in [1.54, 1.807) is 30.6 Å². The van der Waals surface area contributed by atoms with Crippen molar-refractivity contribution in [2.24, 2.45) is 0 Å². The molecule has 0 aliphatic carbocycles. The zero-order valence-corrected chi connectivity index (χ0v) is 12.2. The van der Waals surface area contributed by atoms with Crippen molar-refractivity contribution < 1.29 is 19.1 Å². The highest BCUT2D eigenvalue weighted by Gasteiger charge is 2.05. The molecule has 6 nitrogen and oxygen atoms in total. The van der Waals surface area contributed by atoms with Crippen molar-refractivity contribution in [3.8, 4) is 17.2 Å². The van der Waals surface area contributed by atoms with Crippen LogP contribution >= 0.6 is 0 Å². The Hall–Kier alpha value is -3.15. The Bertz CT molecular complexity index is 783. The van der Waals surface area contributed by atoms with Crippen LogP contribution in [0.1, 0.15) is 11.1 Å². The lowest BCUT2D eigenvalue weighted by Crippen LogP contribution is -2.02. The van der Waals surface area contributed by atoms with Crippen molar-refractivity contribution in [1.82, 2.24) is 9.97 Å². The molecule has 3 aromatic rings. The maximum atomic E-state index is 10.7. The predicted molar refractivity (Wildman–Crippen MR) is 81.8 cm³/mol. The summed E-state index contributed by atoms with van der Waals surface area (Å²) >= 11 is 0. The van der Waals surface area contributed by atoms with Crippen LogP contribution in [0.5, 0.6) is 5.75 Å². The van der Waals surface area contributed by atoms with Gasteiger partial charge < -0.3 is 14.3 Å². The van der Waals surface area contributed by atoms with Crippen molar-refractivity contribution in [2.75, 3.05) is 0 Å². The number of aliphatic carboxylic acids is 1. The van der Waals surface area contributed by atoms with Crippen LogP contribution in [0.25, 0.3) is 11.5 Å². The van der Waals surface area contributed by atoms with Gasteiger partial charge in [-0.15, -0.1) is 0 Å². The Morgan fingerprint density at radius 3 is 2.74 bits per heavy atom. The first kappa shape index (κ1) is 14.8. The first-order valence-corrected chi connectivity index (χ1v) is 6.98. The van der Waals surface area contributed by atoms with Crippen molar-refractivity contribution in [3.05, 3.63) is 66.3 Å². The molecule has 116 valence electrons. The molecule has 0 atom stereocenters. The summed E-state index contributed by atoms with van der Waals surface area (Å²) in [6, 6.07) is 10.9. The third-order valence-electron chi connectivity index (χ3n) is 3.17. The standard InChI is InChI=1S/C17H14N2O4/c20-17(21)7-12-2-1-3-13(6-12)10-22-14-4-5-15(19-8-14)16-9-18-11-23-16/h1-6,8-9,11H,7,10H2,(H,20,21). The van der Waals surface area contributed by atoms with Gasteiger partial charge in [0.2, 0.25) is 0 Å². The van der Waals surface area contributed by atoms with E-state index < -0.39 is 5.97 Å². The van der Waals surface area contributed by atoms with Crippen molar-refractivity contribution in [2.45, 2.75) is 13.0 Å². The van der Waals surface area contributed by atoms with Crippen LogP contribution in [-0.2, 0) is 17.8 Å². The van der Waals surface area contributed by atoms with Crippen LogP contribution in [0.2, 0.25) is 0 Å². The molecule has 6 heteroatoms. The maximum absolute atomic E-state index is 10.7. The zero-order chi connectivity index (χ0) is 16.1. The number of rotatable bonds is 6. The molecule has 0 unspecified atom stereocenters. The number of hydrogen-bond donors (Lipinski definition) is 1. The molecule has 2 heterocycles. The first-order valence-electron chi connectivity index (χ1n) is 6.98. The van der Waals surface area contributed by atoms with Gasteiger partial charge in [0.05, 0.1) is 18.8 Å². The Balaban J connectivity index is 1.63. The number of hydrogen-bond acceptors (Lipinski definition) is 5. The molecule has 23 heavy (non-hydrogen) atoms. The van der Waals surface area contributed by atoms with E-state index in [-0.39, 0.29) is 6.42 Å². The van der Waals surface area contributed by atoms with E-state index >= 15 is 0 Å². The molecule has 0 spiro atoms. The van der Waals surface area contributed by atoms with E-state index in [1.807, 2.05) is 18.2 Å². The van der Waals surface area contributed by atoms with Gasteiger partial charge in [0.15, 0.2) is 12.2 Å². The Labute approximate surface area is 132 Å². The Kier molecular flexibility index (Phi) is 4.33. The number of ether oxygens (including phenoxy) is 1. The molecule has 0 saturated heterocycles. The smallest absolute Gasteiger partial charge is 0.307 e. The number of nitrogens with zero attached hydrogens (tertiary/aromatic N) is 2. The van der Waals surface area contributed by atoms with E-state index in [0.717, 1.165) is 11.1 Å². The number of carbonyl (C=O) groups is 1. The highest BCUT2D eigenvalue weighted by Crippen LogP contribution is 2.19. The lowest BCUT2D eigenvalue weighted by atomic mass is 10.1. The zero-order valence-electron chi connectivity index (χ0n) is 12.2. The van der Waals surface area contributed by atoms with Gasteiger partial charge in [-0.1, -0.05) is 24.3 Å². The second-order valence-electron chi connectivity index (χ2n) is 4.92. The quantitative estimate of drug-likeness (QED) is 0.753. The lowest BCUT2D eigenvalue weighted by Gasteiger charge is -2.07. The summed E-state index contributed by atoms with van der Waals surface area (Å²) in [6.45, 7) is 0.344. The molecule has 0 aliphatic heterocycles. The van der Waals surface area contributed by atoms with Crippen LogP contribution in [0.3, 0.4) is 0 Å². The second kappa shape index (κ2) is 6.74. The average molecular weight is 310 g/mol. The molecule has 1 N–H and O–H groups in total. The second-order valence-corrected chi connectivity index (χ2v) is 4.92. The van der Waals surface area contributed by atoms with Gasteiger partial charge >= 0.3 is 5.97 Å². The lowest BCUT2D eigenvalue weighted by molar-refractivity contribution is -0.136. The van der Waals surface area contributed by atoms with Crippen LogP contribution in [0.15, 0.2) is 59.6 Å². The van der Waals surface area contributed by atoms with Gasteiger partial charge in [0.1, 0.15) is 18.1 Å². The molecular formula is C17H14N2O4. The number of pyridine rings is 1. The summed E-state index contributed by atoms with van der Waals surface area (Å²) in [5.41, 5.74) is 2.33. The first-order chi connectivity index (χ1) is 11.2. The number of aromatic nitrogens is 2. The SMILES string of the molecule is O=C(O)Cc1cccc(COc2ccc(-c3cnco3)nc2)c1. The van der Waals surface area contributed by atoms with E-state index in [0.29, 0.717) is 23.8 Å². The minimum atomic E-state index is -0.852. The summed E-state index contributed by atoms with van der Waals surface area (Å²) in [5.74, 6) is 0.366. The van der Waals surface area contributed by atoms with Gasteiger partial charge in [-0.05, 0) is 23.3 Å². The summed E-state index contributed by atoms with van der Waals surface area (Å²) in [6.07, 6.45) is 4.56. The minimum Gasteiger partial charge on any atom is -0.487 e. The molecule has 0 bridgehead atoms. The van der Waals surface area contributed by atoms with E-state index in [2.05, 4.69) is 9.97 Å². The maximum Gasteiger partial charge on any atom is 0.307 e. The molecule has 0 aliphatic rings. The fourth-order valence-corrected chi connectivity index (χ4v) is 2.12. The third-order valence-corrected chi connectivity index (χ3v) is 3.17. The highest BCUT2D eigenvalue weighted by atomic mass is 16.5. The fourth-order valence-electron chi connectivity index (χ4n) is 2.12. The van der Waals surface area contributed by atoms with Crippen LogP contribution in [-0.4, -0.2) is 21.0 Å². The Morgan fingerprint density at radius 1 is 1.17 bits per heavy atom. The molecule has 0 fully saturated rings. The topological polar surface area (TPSA) is 85.5 Å². The molecule has 3 rings (SSSR count). The van der Waals surface area contributed by atoms with Crippen LogP contribution < -0.4 is 4.74 Å². The monoisotopic (exact) mass is 310 g/mol. The largest absolute Gasteiger partial charge is 0.487 e. The van der Waals surface area contributed by atoms with E-state index in [1.165, 1.54) is 6.39 Å². The minimum absolute atomic E-state index is 0.00126. The molecule has 0 saturated carbocycles. The highest BCUT2D eigenvalue weighted by molar-refractivity contribution is 5.70. The molecular weight excluding hydrogens is 296 g/mol. The van der Waals surface area contributed by atoms with Crippen LogP contribution in [0, 0.1) is 0 Å².